The lowest BCUT2D eigenvalue weighted by atomic mass is 10.2. The van der Waals surface area contributed by atoms with Gasteiger partial charge in [0.05, 0.1) is 4.90 Å². The summed E-state index contributed by atoms with van der Waals surface area (Å²) in [4.78, 5) is 27.5. The number of H-pyrrole nitrogens is 1. The molecule has 4 rings (SSSR count). The van der Waals surface area contributed by atoms with E-state index in [0.29, 0.717) is 10.9 Å². The number of fused-ring (bicyclic) bond motifs is 1. The fraction of sp³-hybridized carbons (Fsp3) is 0.0435. The highest BCUT2D eigenvalue weighted by atomic mass is 32.2. The van der Waals surface area contributed by atoms with Gasteiger partial charge in [-0.2, -0.15) is 0 Å². The molecule has 0 bridgehead atoms. The number of carbonyl (C=O) groups is 2. The normalized spacial score (nSPS) is 11.3. The summed E-state index contributed by atoms with van der Waals surface area (Å²) >= 11 is 0. The number of sulfonamides is 1. The maximum atomic E-state index is 13.3. The van der Waals surface area contributed by atoms with Crippen molar-refractivity contribution in [3.8, 4) is 0 Å². The first-order valence-electron chi connectivity index (χ1n) is 9.84. The molecule has 4 aromatic rings. The minimum atomic E-state index is -3.86. The molecule has 0 saturated carbocycles. The molecule has 3 aromatic carbocycles. The van der Waals surface area contributed by atoms with Crippen LogP contribution in [0.4, 0.5) is 4.39 Å². The first-order valence-corrected chi connectivity index (χ1v) is 11.3. The molecule has 0 spiro atoms. The van der Waals surface area contributed by atoms with Crippen molar-refractivity contribution in [3.63, 3.8) is 0 Å². The average molecular weight is 466 g/mol. The Kier molecular flexibility index (Phi) is 6.20. The van der Waals surface area contributed by atoms with Gasteiger partial charge in [-0.15, -0.1) is 0 Å². The Balaban J connectivity index is 1.41. The molecule has 0 fully saturated rings. The Bertz CT molecular complexity index is 1440. The maximum Gasteiger partial charge on any atom is 0.286 e. The van der Waals surface area contributed by atoms with Crippen LogP contribution in [0.25, 0.3) is 10.9 Å². The molecule has 8 nitrogen and oxygen atoms in total. The first-order chi connectivity index (χ1) is 15.8. The molecule has 168 valence electrons. The van der Waals surface area contributed by atoms with Crippen molar-refractivity contribution in [2.24, 2.45) is 0 Å². The van der Waals surface area contributed by atoms with Gasteiger partial charge in [0.25, 0.3) is 11.8 Å². The van der Waals surface area contributed by atoms with Crippen molar-refractivity contribution in [1.29, 1.82) is 0 Å². The van der Waals surface area contributed by atoms with Crippen LogP contribution in [0.3, 0.4) is 0 Å². The summed E-state index contributed by atoms with van der Waals surface area (Å²) in [6.45, 7) is 0.101. The molecule has 2 amide bonds. The summed E-state index contributed by atoms with van der Waals surface area (Å²) in [5.74, 6) is -1.78. The van der Waals surface area contributed by atoms with Gasteiger partial charge in [-0.05, 0) is 48.0 Å². The average Bonchev–Trinajstić information content (AvgIpc) is 3.25. The zero-order valence-electron chi connectivity index (χ0n) is 17.1. The number of nitrogens with one attached hydrogen (secondary N) is 4. The molecule has 0 atom stereocenters. The molecule has 4 N–H and O–H groups in total. The molecule has 10 heteroatoms. The third kappa shape index (κ3) is 5.25. The van der Waals surface area contributed by atoms with Crippen molar-refractivity contribution in [3.05, 3.63) is 102 Å². The lowest BCUT2D eigenvalue weighted by Gasteiger charge is -2.10. The Morgan fingerprint density at radius 2 is 1.61 bits per heavy atom. The highest BCUT2D eigenvalue weighted by molar-refractivity contribution is 7.89. The summed E-state index contributed by atoms with van der Waals surface area (Å²) in [5, 5.41) is 0.507. The second-order valence-corrected chi connectivity index (χ2v) is 8.93. The molecule has 0 aliphatic carbocycles. The maximum absolute atomic E-state index is 13.3. The van der Waals surface area contributed by atoms with Crippen molar-refractivity contribution in [2.75, 3.05) is 0 Å². The zero-order chi connectivity index (χ0) is 23.4. The van der Waals surface area contributed by atoms with E-state index in [4.69, 9.17) is 0 Å². The van der Waals surface area contributed by atoms with Gasteiger partial charge in [-0.3, -0.25) is 20.4 Å². The third-order valence-corrected chi connectivity index (χ3v) is 6.23. The van der Waals surface area contributed by atoms with Crippen LogP contribution in [0, 0.1) is 5.82 Å². The Hall–Kier alpha value is -4.02. The number of amides is 2. The molecule has 0 radical (unpaired) electrons. The van der Waals surface area contributed by atoms with Gasteiger partial charge in [0.15, 0.2) is 0 Å². The monoisotopic (exact) mass is 466 g/mol. The van der Waals surface area contributed by atoms with Crippen molar-refractivity contribution in [1.82, 2.24) is 20.6 Å². The highest BCUT2D eigenvalue weighted by Crippen LogP contribution is 2.16. The number of aromatic nitrogens is 1. The van der Waals surface area contributed by atoms with Crippen molar-refractivity contribution < 1.29 is 22.4 Å². The Morgan fingerprint density at radius 1 is 0.848 bits per heavy atom. The van der Waals surface area contributed by atoms with E-state index in [-0.39, 0.29) is 22.7 Å². The van der Waals surface area contributed by atoms with Crippen LogP contribution in [0.2, 0.25) is 0 Å². The van der Waals surface area contributed by atoms with Crippen molar-refractivity contribution >= 4 is 32.7 Å². The number of rotatable bonds is 6. The lowest BCUT2D eigenvalue weighted by molar-refractivity contribution is 0.0844. The Labute approximate surface area is 188 Å². The summed E-state index contributed by atoms with van der Waals surface area (Å²) in [7, 11) is -3.86. The Morgan fingerprint density at radius 3 is 2.39 bits per heavy atom. The third-order valence-electron chi connectivity index (χ3n) is 4.83. The van der Waals surface area contributed by atoms with Crippen LogP contribution in [0.5, 0.6) is 0 Å². The van der Waals surface area contributed by atoms with E-state index >= 15 is 0 Å². The number of hydrogen-bond acceptors (Lipinski definition) is 4. The van der Waals surface area contributed by atoms with E-state index in [1.807, 2.05) is 6.07 Å². The quantitative estimate of drug-likeness (QED) is 0.327. The fourth-order valence-corrected chi connectivity index (χ4v) is 4.20. The molecular formula is C23H19FN4O4S. The molecular weight excluding hydrogens is 447 g/mol. The van der Waals surface area contributed by atoms with Crippen molar-refractivity contribution in [2.45, 2.75) is 11.4 Å². The van der Waals surface area contributed by atoms with Gasteiger partial charge < -0.3 is 4.98 Å². The first kappa shape index (κ1) is 22.2. The van der Waals surface area contributed by atoms with Crippen LogP contribution in [0.1, 0.15) is 26.4 Å². The number of aromatic amines is 1. The number of carbonyl (C=O) groups excluding carboxylic acids is 2. The van der Waals surface area contributed by atoms with E-state index in [1.165, 1.54) is 48.5 Å². The minimum Gasteiger partial charge on any atom is -0.350 e. The second kappa shape index (κ2) is 9.23. The predicted molar refractivity (Wildman–Crippen MR) is 120 cm³/mol. The fourth-order valence-electron chi connectivity index (χ4n) is 3.14. The topological polar surface area (TPSA) is 120 Å². The number of hydrazine groups is 1. The summed E-state index contributed by atoms with van der Waals surface area (Å²) < 4.78 is 41.0. The standard InChI is InChI=1S/C23H19FN4O4S/c24-18-9-10-20-17(11-18)13-21(26-20)23(30)28-27-22(29)16-7-4-8-19(12-16)33(31,32)25-14-15-5-2-1-3-6-15/h1-13,25-26H,14H2,(H,27,29)(H,28,30). The molecule has 0 aliphatic heterocycles. The summed E-state index contributed by atoms with van der Waals surface area (Å²) in [6.07, 6.45) is 0. The molecule has 0 saturated heterocycles. The number of halogens is 1. The number of benzene rings is 3. The molecule has 1 aromatic heterocycles. The van der Waals surface area contributed by atoms with Gasteiger partial charge in [0.2, 0.25) is 10.0 Å². The minimum absolute atomic E-state index is 0.0385. The molecule has 1 heterocycles. The zero-order valence-corrected chi connectivity index (χ0v) is 17.9. The van der Waals surface area contributed by atoms with E-state index in [0.717, 1.165) is 5.56 Å². The van der Waals surface area contributed by atoms with Gasteiger partial charge >= 0.3 is 0 Å². The van der Waals surface area contributed by atoms with Crippen LogP contribution >= 0.6 is 0 Å². The summed E-state index contributed by atoms with van der Waals surface area (Å²) in [5.41, 5.74) is 6.00. The largest absolute Gasteiger partial charge is 0.350 e. The molecule has 0 unspecified atom stereocenters. The van der Waals surface area contributed by atoms with Crippen LogP contribution in [-0.2, 0) is 16.6 Å². The molecule has 0 aliphatic rings. The van der Waals surface area contributed by atoms with E-state index in [1.54, 1.807) is 24.3 Å². The van der Waals surface area contributed by atoms with Gasteiger partial charge in [-0.25, -0.2) is 17.5 Å². The highest BCUT2D eigenvalue weighted by Gasteiger charge is 2.17. The van der Waals surface area contributed by atoms with Crippen LogP contribution < -0.4 is 15.6 Å². The summed E-state index contributed by atoms with van der Waals surface area (Å²) in [6, 6.07) is 19.9. The molecule has 33 heavy (non-hydrogen) atoms. The van der Waals surface area contributed by atoms with E-state index < -0.39 is 27.7 Å². The number of hydrogen-bond donors (Lipinski definition) is 4. The lowest BCUT2D eigenvalue weighted by Crippen LogP contribution is -2.41. The second-order valence-electron chi connectivity index (χ2n) is 7.16. The predicted octanol–water partition coefficient (Wildman–Crippen LogP) is 2.86. The van der Waals surface area contributed by atoms with Gasteiger partial charge in [-0.1, -0.05) is 36.4 Å². The van der Waals surface area contributed by atoms with Crippen LogP contribution in [0.15, 0.2) is 83.8 Å². The van der Waals surface area contributed by atoms with Crippen LogP contribution in [-0.4, -0.2) is 25.2 Å². The van der Waals surface area contributed by atoms with E-state index in [9.17, 15) is 22.4 Å². The van der Waals surface area contributed by atoms with E-state index in [2.05, 4.69) is 20.6 Å². The van der Waals surface area contributed by atoms with Gasteiger partial charge in [0, 0.05) is 23.0 Å². The smallest absolute Gasteiger partial charge is 0.286 e. The van der Waals surface area contributed by atoms with Gasteiger partial charge in [0.1, 0.15) is 11.5 Å². The SMILES string of the molecule is O=C(NNC(=O)c1cc2cc(F)ccc2[nH]1)c1cccc(S(=O)(=O)NCc2ccccc2)c1.